The maximum atomic E-state index is 12.8. The van der Waals surface area contributed by atoms with Gasteiger partial charge in [0.2, 0.25) is 0 Å². The van der Waals surface area contributed by atoms with Crippen LogP contribution in [0.3, 0.4) is 0 Å². The molecule has 0 radical (unpaired) electrons. The third kappa shape index (κ3) is 5.61. The van der Waals surface area contributed by atoms with Gasteiger partial charge in [-0.3, -0.25) is 9.52 Å². The zero-order valence-electron chi connectivity index (χ0n) is 16.8. The predicted octanol–water partition coefficient (Wildman–Crippen LogP) is 3.99. The Morgan fingerprint density at radius 1 is 0.933 bits per heavy atom. The standard InChI is InChI=1S/C23H24N2O4S/c1-17-12-14-19(15-13-17)29-16-18(2)24-23(26)21-10-6-7-11-22(21)25-30(27,28)20-8-4-3-5-9-20/h3-15,18,25H,16H2,1-2H3,(H,24,26). The third-order valence-electron chi connectivity index (χ3n) is 4.37. The molecule has 30 heavy (non-hydrogen) atoms. The molecular formula is C23H24N2O4S. The van der Waals surface area contributed by atoms with E-state index in [1.807, 2.05) is 38.1 Å². The van der Waals surface area contributed by atoms with Crippen LogP contribution >= 0.6 is 0 Å². The van der Waals surface area contributed by atoms with E-state index in [2.05, 4.69) is 10.0 Å². The zero-order valence-corrected chi connectivity index (χ0v) is 17.6. The summed E-state index contributed by atoms with van der Waals surface area (Å²) in [6.07, 6.45) is 0. The average molecular weight is 425 g/mol. The van der Waals surface area contributed by atoms with Crippen molar-refractivity contribution < 1.29 is 17.9 Å². The molecule has 156 valence electrons. The van der Waals surface area contributed by atoms with E-state index in [1.54, 1.807) is 42.5 Å². The van der Waals surface area contributed by atoms with Gasteiger partial charge in [0.25, 0.3) is 15.9 Å². The fourth-order valence-corrected chi connectivity index (χ4v) is 3.87. The van der Waals surface area contributed by atoms with Gasteiger partial charge >= 0.3 is 0 Å². The molecule has 0 aliphatic rings. The van der Waals surface area contributed by atoms with E-state index >= 15 is 0 Å². The lowest BCUT2D eigenvalue weighted by atomic mass is 10.1. The molecule has 1 atom stereocenters. The average Bonchev–Trinajstić information content (AvgIpc) is 2.74. The number of anilines is 1. The molecule has 0 spiro atoms. The first kappa shape index (κ1) is 21.4. The minimum Gasteiger partial charge on any atom is -0.491 e. The third-order valence-corrected chi connectivity index (χ3v) is 5.75. The number of aryl methyl sites for hydroxylation is 1. The highest BCUT2D eigenvalue weighted by atomic mass is 32.2. The first-order valence-electron chi connectivity index (χ1n) is 9.52. The number of sulfonamides is 1. The van der Waals surface area contributed by atoms with Gasteiger partial charge in [-0.15, -0.1) is 0 Å². The van der Waals surface area contributed by atoms with Crippen molar-refractivity contribution in [2.24, 2.45) is 0 Å². The Bertz CT molecular complexity index is 1100. The molecule has 6 nitrogen and oxygen atoms in total. The lowest BCUT2D eigenvalue weighted by Crippen LogP contribution is -2.37. The summed E-state index contributed by atoms with van der Waals surface area (Å²) in [5.41, 5.74) is 1.59. The summed E-state index contributed by atoms with van der Waals surface area (Å²) >= 11 is 0. The van der Waals surface area contributed by atoms with Gasteiger partial charge in [-0.25, -0.2) is 8.42 Å². The van der Waals surface area contributed by atoms with Crippen LogP contribution in [0.1, 0.15) is 22.8 Å². The molecule has 0 saturated heterocycles. The number of ether oxygens (including phenoxy) is 1. The van der Waals surface area contributed by atoms with Gasteiger partial charge in [0.15, 0.2) is 0 Å². The number of nitrogens with one attached hydrogen (secondary N) is 2. The largest absolute Gasteiger partial charge is 0.491 e. The van der Waals surface area contributed by atoms with Crippen LogP contribution in [0.4, 0.5) is 5.69 Å². The summed E-state index contributed by atoms with van der Waals surface area (Å²) in [6, 6.07) is 21.9. The maximum absolute atomic E-state index is 12.8. The van der Waals surface area contributed by atoms with Crippen LogP contribution in [-0.4, -0.2) is 27.0 Å². The predicted molar refractivity (Wildman–Crippen MR) is 117 cm³/mol. The van der Waals surface area contributed by atoms with E-state index in [9.17, 15) is 13.2 Å². The highest BCUT2D eigenvalue weighted by Gasteiger charge is 2.19. The van der Waals surface area contributed by atoms with Gasteiger partial charge in [0, 0.05) is 0 Å². The second-order valence-electron chi connectivity index (χ2n) is 6.96. The Balaban J connectivity index is 1.67. The highest BCUT2D eigenvalue weighted by Crippen LogP contribution is 2.20. The number of rotatable bonds is 8. The Hall–Kier alpha value is -3.32. The second-order valence-corrected chi connectivity index (χ2v) is 8.65. The van der Waals surface area contributed by atoms with E-state index in [-0.39, 0.29) is 34.7 Å². The summed E-state index contributed by atoms with van der Waals surface area (Å²) in [4.78, 5) is 12.9. The van der Waals surface area contributed by atoms with Crippen LogP contribution in [0.2, 0.25) is 0 Å². The number of carbonyl (C=O) groups excluding carboxylic acids is 1. The number of hydrogen-bond donors (Lipinski definition) is 2. The summed E-state index contributed by atoms with van der Waals surface area (Å²) in [5, 5.41) is 2.84. The van der Waals surface area contributed by atoms with Gasteiger partial charge in [0.1, 0.15) is 12.4 Å². The molecule has 1 unspecified atom stereocenters. The molecule has 3 aromatic rings. The molecule has 3 rings (SSSR count). The molecule has 7 heteroatoms. The lowest BCUT2D eigenvalue weighted by Gasteiger charge is -2.17. The molecule has 0 aliphatic heterocycles. The van der Waals surface area contributed by atoms with Crippen molar-refractivity contribution in [2.45, 2.75) is 24.8 Å². The van der Waals surface area contributed by atoms with Crippen molar-refractivity contribution in [3.8, 4) is 5.75 Å². The minimum absolute atomic E-state index is 0.125. The first-order chi connectivity index (χ1) is 14.3. The summed E-state index contributed by atoms with van der Waals surface area (Å²) in [5.74, 6) is 0.332. The van der Waals surface area contributed by atoms with E-state index in [1.165, 1.54) is 12.1 Å². The number of carbonyl (C=O) groups is 1. The summed E-state index contributed by atoms with van der Waals surface area (Å²) in [6.45, 7) is 4.10. The Morgan fingerprint density at radius 2 is 1.57 bits per heavy atom. The van der Waals surface area contributed by atoms with Crippen molar-refractivity contribution >= 4 is 21.6 Å². The minimum atomic E-state index is -3.80. The molecule has 2 N–H and O–H groups in total. The summed E-state index contributed by atoms with van der Waals surface area (Å²) in [7, 11) is -3.80. The molecule has 1 amide bonds. The van der Waals surface area contributed by atoms with Crippen molar-refractivity contribution in [3.05, 3.63) is 90.0 Å². The maximum Gasteiger partial charge on any atom is 0.261 e. The smallest absolute Gasteiger partial charge is 0.261 e. The SMILES string of the molecule is Cc1ccc(OCC(C)NC(=O)c2ccccc2NS(=O)(=O)c2ccccc2)cc1. The van der Waals surface area contributed by atoms with E-state index in [0.717, 1.165) is 11.3 Å². The van der Waals surface area contributed by atoms with Crippen LogP contribution in [0.25, 0.3) is 0 Å². The molecule has 3 aromatic carbocycles. The monoisotopic (exact) mass is 424 g/mol. The Labute approximate surface area is 177 Å². The molecule has 0 aromatic heterocycles. The number of benzene rings is 3. The fraction of sp³-hybridized carbons (Fsp3) is 0.174. The molecule has 0 bridgehead atoms. The molecule has 0 heterocycles. The van der Waals surface area contributed by atoms with Crippen LogP contribution in [-0.2, 0) is 10.0 Å². The van der Waals surface area contributed by atoms with Gasteiger partial charge in [0.05, 0.1) is 22.2 Å². The number of amides is 1. The topological polar surface area (TPSA) is 84.5 Å². The van der Waals surface area contributed by atoms with E-state index in [0.29, 0.717) is 0 Å². The van der Waals surface area contributed by atoms with Gasteiger partial charge in [-0.2, -0.15) is 0 Å². The van der Waals surface area contributed by atoms with Gasteiger partial charge in [-0.05, 0) is 50.2 Å². The first-order valence-corrected chi connectivity index (χ1v) is 11.0. The van der Waals surface area contributed by atoms with Crippen LogP contribution in [0, 0.1) is 6.92 Å². The summed E-state index contributed by atoms with van der Waals surface area (Å²) < 4.78 is 33.4. The lowest BCUT2D eigenvalue weighted by molar-refractivity contribution is 0.0927. The van der Waals surface area contributed by atoms with Crippen molar-refractivity contribution in [2.75, 3.05) is 11.3 Å². The normalized spacial score (nSPS) is 12.1. The van der Waals surface area contributed by atoms with Crippen molar-refractivity contribution in [1.82, 2.24) is 5.32 Å². The fourth-order valence-electron chi connectivity index (χ4n) is 2.77. The highest BCUT2D eigenvalue weighted by molar-refractivity contribution is 7.92. The van der Waals surface area contributed by atoms with Crippen molar-refractivity contribution in [3.63, 3.8) is 0 Å². The zero-order chi connectivity index (χ0) is 21.6. The van der Waals surface area contributed by atoms with Crippen LogP contribution in [0.15, 0.2) is 83.8 Å². The van der Waals surface area contributed by atoms with Gasteiger partial charge in [-0.1, -0.05) is 48.0 Å². The molecule has 0 aliphatic carbocycles. The Morgan fingerprint density at radius 3 is 2.27 bits per heavy atom. The molecule has 0 saturated carbocycles. The van der Waals surface area contributed by atoms with E-state index < -0.39 is 10.0 Å². The number of para-hydroxylation sites is 1. The number of hydrogen-bond acceptors (Lipinski definition) is 4. The van der Waals surface area contributed by atoms with E-state index in [4.69, 9.17) is 4.74 Å². The van der Waals surface area contributed by atoms with Gasteiger partial charge < -0.3 is 10.1 Å². The van der Waals surface area contributed by atoms with Crippen molar-refractivity contribution in [1.29, 1.82) is 0 Å². The second kappa shape index (κ2) is 9.45. The Kier molecular flexibility index (Phi) is 6.74. The van der Waals surface area contributed by atoms with Crippen LogP contribution < -0.4 is 14.8 Å². The quantitative estimate of drug-likeness (QED) is 0.573. The molecule has 0 fully saturated rings. The van der Waals surface area contributed by atoms with Crippen LogP contribution in [0.5, 0.6) is 5.75 Å². The molecular weight excluding hydrogens is 400 g/mol.